The van der Waals surface area contributed by atoms with Gasteiger partial charge >= 0.3 is 15.3 Å². The molecule has 0 aliphatic rings. The smallest absolute Gasteiger partial charge is 0.323 e. The minimum atomic E-state index is -1.62. The third-order valence-electron chi connectivity index (χ3n) is 2.82. The van der Waals surface area contributed by atoms with Gasteiger partial charge in [0.25, 0.3) is 0 Å². The van der Waals surface area contributed by atoms with Crippen molar-refractivity contribution < 1.29 is 18.4 Å². The SMILES string of the molecule is CO[SiH](OC)C(C)CCOC(=O)Cc1ccccn1. The van der Waals surface area contributed by atoms with Crippen molar-refractivity contribution in [1.82, 2.24) is 4.98 Å². The topological polar surface area (TPSA) is 57.7 Å². The second kappa shape index (κ2) is 8.79. The van der Waals surface area contributed by atoms with E-state index < -0.39 is 9.28 Å². The van der Waals surface area contributed by atoms with Crippen molar-refractivity contribution in [3.8, 4) is 0 Å². The van der Waals surface area contributed by atoms with Crippen LogP contribution in [0.25, 0.3) is 0 Å². The van der Waals surface area contributed by atoms with E-state index in [4.69, 9.17) is 13.6 Å². The summed E-state index contributed by atoms with van der Waals surface area (Å²) in [7, 11) is 1.69. The third-order valence-corrected chi connectivity index (χ3v) is 5.01. The molecule has 0 N–H and O–H groups in total. The Bertz CT molecular complexity index is 370. The highest BCUT2D eigenvalue weighted by molar-refractivity contribution is 6.46. The molecule has 0 radical (unpaired) electrons. The Balaban J connectivity index is 2.24. The lowest BCUT2D eigenvalue weighted by Gasteiger charge is -2.18. The van der Waals surface area contributed by atoms with Crippen molar-refractivity contribution >= 4 is 15.3 Å². The number of pyridine rings is 1. The number of nitrogens with zero attached hydrogens (tertiary/aromatic N) is 1. The summed E-state index contributed by atoms with van der Waals surface area (Å²) in [5, 5.41) is 0. The van der Waals surface area contributed by atoms with Gasteiger partial charge in [0.05, 0.1) is 18.7 Å². The van der Waals surface area contributed by atoms with E-state index in [2.05, 4.69) is 11.9 Å². The Morgan fingerprint density at radius 1 is 1.37 bits per heavy atom. The number of esters is 1. The molecule has 0 aromatic carbocycles. The monoisotopic (exact) mass is 283 g/mol. The van der Waals surface area contributed by atoms with Crippen LogP contribution in [0.4, 0.5) is 0 Å². The molecule has 0 saturated heterocycles. The predicted molar refractivity (Wildman–Crippen MR) is 74.1 cm³/mol. The fraction of sp³-hybridized carbons (Fsp3) is 0.538. The highest BCUT2D eigenvalue weighted by Gasteiger charge is 2.19. The molecule has 0 bridgehead atoms. The summed E-state index contributed by atoms with van der Waals surface area (Å²) in [6, 6.07) is 5.48. The first kappa shape index (κ1) is 15.8. The van der Waals surface area contributed by atoms with E-state index in [9.17, 15) is 4.79 Å². The van der Waals surface area contributed by atoms with Crippen molar-refractivity contribution in [2.24, 2.45) is 0 Å². The van der Waals surface area contributed by atoms with Crippen molar-refractivity contribution in [1.29, 1.82) is 0 Å². The van der Waals surface area contributed by atoms with Gasteiger partial charge in [-0.1, -0.05) is 13.0 Å². The summed E-state index contributed by atoms with van der Waals surface area (Å²) in [6.07, 6.45) is 2.63. The maximum Gasteiger partial charge on any atom is 0.323 e. The zero-order valence-corrected chi connectivity index (χ0v) is 12.8. The summed E-state index contributed by atoms with van der Waals surface area (Å²) < 4.78 is 15.7. The van der Waals surface area contributed by atoms with Gasteiger partial charge in [-0.05, 0) is 18.6 Å². The number of rotatable bonds is 8. The molecule has 1 rings (SSSR count). The highest BCUT2D eigenvalue weighted by atomic mass is 28.3. The summed E-state index contributed by atoms with van der Waals surface area (Å²) in [6.45, 7) is 2.44. The number of carbonyl (C=O) groups is 1. The van der Waals surface area contributed by atoms with Crippen LogP contribution in [0.3, 0.4) is 0 Å². The molecule has 106 valence electrons. The largest absolute Gasteiger partial charge is 0.465 e. The average Bonchev–Trinajstić information content (AvgIpc) is 2.41. The van der Waals surface area contributed by atoms with E-state index in [0.29, 0.717) is 12.1 Å². The highest BCUT2D eigenvalue weighted by Crippen LogP contribution is 2.15. The molecule has 1 atom stereocenters. The molecule has 1 heterocycles. The molecule has 5 nitrogen and oxygen atoms in total. The van der Waals surface area contributed by atoms with Gasteiger partial charge in [0.15, 0.2) is 0 Å². The molecule has 19 heavy (non-hydrogen) atoms. The second-order valence-corrected chi connectivity index (χ2v) is 7.14. The minimum absolute atomic E-state index is 0.213. The maximum absolute atomic E-state index is 11.6. The van der Waals surface area contributed by atoms with Crippen LogP contribution in [-0.2, 0) is 24.8 Å². The van der Waals surface area contributed by atoms with Gasteiger partial charge in [-0.3, -0.25) is 9.78 Å². The lowest BCUT2D eigenvalue weighted by Crippen LogP contribution is -2.25. The van der Waals surface area contributed by atoms with Crippen LogP contribution < -0.4 is 0 Å². The standard InChI is InChI=1S/C13H21NO4Si/c1-11(19(16-2)17-3)7-9-18-13(15)10-12-6-4-5-8-14-12/h4-6,8,11,19H,7,9-10H2,1-3H3. The van der Waals surface area contributed by atoms with E-state index >= 15 is 0 Å². The lowest BCUT2D eigenvalue weighted by molar-refractivity contribution is -0.143. The summed E-state index contributed by atoms with van der Waals surface area (Å²) >= 11 is 0. The summed E-state index contributed by atoms with van der Waals surface area (Å²) in [4.78, 5) is 15.7. The van der Waals surface area contributed by atoms with Crippen LogP contribution in [0, 0.1) is 0 Å². The first-order valence-corrected chi connectivity index (χ1v) is 7.89. The van der Waals surface area contributed by atoms with Crippen LogP contribution in [0.5, 0.6) is 0 Å². The number of hydrogen-bond acceptors (Lipinski definition) is 5. The normalized spacial score (nSPS) is 12.4. The Morgan fingerprint density at radius 3 is 2.68 bits per heavy atom. The average molecular weight is 283 g/mol. The van der Waals surface area contributed by atoms with Crippen molar-refractivity contribution in [2.75, 3.05) is 20.8 Å². The molecular formula is C13H21NO4Si. The van der Waals surface area contributed by atoms with Gasteiger partial charge in [-0.15, -0.1) is 0 Å². The lowest BCUT2D eigenvalue weighted by atomic mass is 10.3. The van der Waals surface area contributed by atoms with Gasteiger partial charge in [0, 0.05) is 26.0 Å². The van der Waals surface area contributed by atoms with Crippen LogP contribution in [0.2, 0.25) is 5.54 Å². The molecule has 0 fully saturated rings. The molecule has 1 aromatic heterocycles. The zero-order valence-electron chi connectivity index (χ0n) is 11.7. The van der Waals surface area contributed by atoms with Crippen molar-refractivity contribution in [3.05, 3.63) is 30.1 Å². The van der Waals surface area contributed by atoms with Crippen LogP contribution in [0.15, 0.2) is 24.4 Å². The molecule has 0 aliphatic heterocycles. The molecule has 1 aromatic rings. The minimum Gasteiger partial charge on any atom is -0.465 e. The number of hydrogen-bond donors (Lipinski definition) is 0. The molecule has 6 heteroatoms. The number of ether oxygens (including phenoxy) is 1. The van der Waals surface area contributed by atoms with Crippen molar-refractivity contribution in [3.63, 3.8) is 0 Å². The molecule has 0 spiro atoms. The third kappa shape index (κ3) is 5.95. The summed E-state index contributed by atoms with van der Waals surface area (Å²) in [5.74, 6) is -0.251. The Hall–Kier alpha value is -1.24. The summed E-state index contributed by atoms with van der Waals surface area (Å²) in [5.41, 5.74) is 1.03. The molecule has 0 saturated carbocycles. The molecular weight excluding hydrogens is 262 g/mol. The molecule has 1 unspecified atom stereocenters. The van der Waals surface area contributed by atoms with Crippen molar-refractivity contribution in [2.45, 2.75) is 25.3 Å². The Morgan fingerprint density at radius 2 is 2.11 bits per heavy atom. The zero-order chi connectivity index (χ0) is 14.1. The Labute approximate surface area is 115 Å². The molecule has 0 amide bonds. The second-order valence-electron chi connectivity index (χ2n) is 4.32. The van der Waals surface area contributed by atoms with E-state index in [1.54, 1.807) is 20.4 Å². The maximum atomic E-state index is 11.6. The Kier molecular flexibility index (Phi) is 7.31. The van der Waals surface area contributed by atoms with Gasteiger partial charge in [-0.2, -0.15) is 0 Å². The van der Waals surface area contributed by atoms with E-state index in [-0.39, 0.29) is 12.4 Å². The van der Waals surface area contributed by atoms with Gasteiger partial charge < -0.3 is 13.6 Å². The van der Waals surface area contributed by atoms with E-state index in [1.807, 2.05) is 18.2 Å². The first-order chi connectivity index (χ1) is 9.17. The fourth-order valence-electron chi connectivity index (χ4n) is 1.76. The molecule has 0 aliphatic carbocycles. The first-order valence-electron chi connectivity index (χ1n) is 6.28. The number of aromatic nitrogens is 1. The van der Waals surface area contributed by atoms with Crippen LogP contribution in [-0.4, -0.2) is 41.1 Å². The quantitative estimate of drug-likeness (QED) is 0.534. The predicted octanol–water partition coefficient (Wildman–Crippen LogP) is 1.46. The van der Waals surface area contributed by atoms with E-state index in [1.165, 1.54) is 0 Å². The van der Waals surface area contributed by atoms with Crippen LogP contribution >= 0.6 is 0 Å². The fourth-order valence-corrected chi connectivity index (χ4v) is 3.29. The number of carbonyl (C=O) groups excluding carboxylic acids is 1. The van der Waals surface area contributed by atoms with Gasteiger partial charge in [0.2, 0.25) is 0 Å². The van der Waals surface area contributed by atoms with Gasteiger partial charge in [0.1, 0.15) is 0 Å². The van der Waals surface area contributed by atoms with Gasteiger partial charge in [-0.25, -0.2) is 0 Å². The van der Waals surface area contributed by atoms with Crippen LogP contribution in [0.1, 0.15) is 19.0 Å². The van der Waals surface area contributed by atoms with E-state index in [0.717, 1.165) is 12.1 Å².